The van der Waals surface area contributed by atoms with Gasteiger partial charge < -0.3 is 4.74 Å². The number of esters is 1. The number of aryl methyl sites for hydroxylation is 1. The zero-order valence-corrected chi connectivity index (χ0v) is 11.5. The first-order valence-corrected chi connectivity index (χ1v) is 6.52. The molecule has 2 aromatic rings. The first-order valence-electron chi connectivity index (χ1n) is 6.52. The summed E-state index contributed by atoms with van der Waals surface area (Å²) >= 11 is 0. The van der Waals surface area contributed by atoms with Crippen LogP contribution in [0.5, 0.6) is 0 Å². The highest BCUT2D eigenvalue weighted by atomic mass is 16.5. The molecule has 0 spiro atoms. The number of carbonyl (C=O) groups excluding carboxylic acids is 1. The van der Waals surface area contributed by atoms with Gasteiger partial charge in [-0.1, -0.05) is 19.1 Å². The van der Waals surface area contributed by atoms with Gasteiger partial charge in [0.1, 0.15) is 0 Å². The number of benzene rings is 1. The molecule has 0 saturated carbocycles. The number of rotatable bonds is 4. The minimum atomic E-state index is -0.696. The van der Waals surface area contributed by atoms with Crippen molar-refractivity contribution < 1.29 is 9.53 Å². The number of hydrogen-bond acceptors (Lipinski definition) is 4. The van der Waals surface area contributed by atoms with E-state index in [-0.39, 0.29) is 12.3 Å². The van der Waals surface area contributed by atoms with E-state index in [2.05, 4.69) is 12.0 Å². The highest BCUT2D eigenvalue weighted by Crippen LogP contribution is 2.09. The molecule has 0 unspecified atom stereocenters. The van der Waals surface area contributed by atoms with Crippen molar-refractivity contribution in [2.24, 2.45) is 0 Å². The lowest BCUT2D eigenvalue weighted by Crippen LogP contribution is -2.22. The fraction of sp³-hybridized carbons (Fsp3) is 0.267. The Morgan fingerprint density at radius 3 is 2.80 bits per heavy atom. The lowest BCUT2D eigenvalue weighted by atomic mass is 10.1. The number of hydrogen-bond donors (Lipinski definition) is 0. The SMILES string of the molecule is CCOC(=O)c1nn(-c2cccc(CC)c2)ccc1=O. The zero-order chi connectivity index (χ0) is 14.5. The van der Waals surface area contributed by atoms with Gasteiger partial charge in [-0.05, 0) is 31.0 Å². The maximum atomic E-state index is 11.7. The number of aromatic nitrogens is 2. The molecule has 0 N–H and O–H groups in total. The summed E-state index contributed by atoms with van der Waals surface area (Å²) in [6.45, 7) is 3.95. The second-order valence-corrected chi connectivity index (χ2v) is 4.22. The van der Waals surface area contributed by atoms with Crippen molar-refractivity contribution in [3.8, 4) is 5.69 Å². The first kappa shape index (κ1) is 14.0. The highest BCUT2D eigenvalue weighted by Gasteiger charge is 2.14. The summed E-state index contributed by atoms with van der Waals surface area (Å²) in [5, 5.41) is 4.07. The van der Waals surface area contributed by atoms with Gasteiger partial charge in [0.15, 0.2) is 0 Å². The Bertz CT molecular complexity index is 677. The van der Waals surface area contributed by atoms with Crippen LogP contribution in [0.4, 0.5) is 0 Å². The van der Waals surface area contributed by atoms with Gasteiger partial charge in [0.05, 0.1) is 12.3 Å². The van der Waals surface area contributed by atoms with Crippen LogP contribution in [0, 0.1) is 0 Å². The van der Waals surface area contributed by atoms with Crippen molar-refractivity contribution in [2.75, 3.05) is 6.61 Å². The predicted octanol–water partition coefficient (Wildman–Crippen LogP) is 1.97. The molecule has 2 rings (SSSR count). The predicted molar refractivity (Wildman–Crippen MR) is 75.2 cm³/mol. The van der Waals surface area contributed by atoms with Crippen molar-refractivity contribution in [1.82, 2.24) is 9.78 Å². The Morgan fingerprint density at radius 1 is 1.30 bits per heavy atom. The average molecular weight is 272 g/mol. The number of carbonyl (C=O) groups is 1. The van der Waals surface area contributed by atoms with E-state index in [0.717, 1.165) is 17.7 Å². The van der Waals surface area contributed by atoms with Crippen LogP contribution >= 0.6 is 0 Å². The molecule has 1 aromatic carbocycles. The maximum Gasteiger partial charge on any atom is 0.362 e. The Kier molecular flexibility index (Phi) is 4.30. The maximum absolute atomic E-state index is 11.7. The molecule has 1 heterocycles. The molecule has 0 atom stereocenters. The third-order valence-corrected chi connectivity index (χ3v) is 2.86. The molecular formula is C15H16N2O3. The Morgan fingerprint density at radius 2 is 2.10 bits per heavy atom. The van der Waals surface area contributed by atoms with Gasteiger partial charge in [-0.3, -0.25) is 4.79 Å². The molecule has 0 aliphatic rings. The summed E-state index contributed by atoms with van der Waals surface area (Å²) in [5.41, 5.74) is 1.32. The normalized spacial score (nSPS) is 10.3. The van der Waals surface area contributed by atoms with Crippen LogP contribution in [0.3, 0.4) is 0 Å². The fourth-order valence-corrected chi connectivity index (χ4v) is 1.81. The summed E-state index contributed by atoms with van der Waals surface area (Å²) in [4.78, 5) is 23.3. The van der Waals surface area contributed by atoms with Crippen LogP contribution in [-0.4, -0.2) is 22.4 Å². The van der Waals surface area contributed by atoms with Gasteiger partial charge in [-0.2, -0.15) is 5.10 Å². The number of ether oxygens (including phenoxy) is 1. The summed E-state index contributed by atoms with van der Waals surface area (Å²) in [6, 6.07) is 9.08. The first-order chi connectivity index (χ1) is 9.65. The number of nitrogens with zero attached hydrogens (tertiary/aromatic N) is 2. The molecule has 20 heavy (non-hydrogen) atoms. The van der Waals surface area contributed by atoms with Crippen LogP contribution in [0.2, 0.25) is 0 Å². The van der Waals surface area contributed by atoms with Crippen molar-refractivity contribution in [3.05, 3.63) is 58.0 Å². The van der Waals surface area contributed by atoms with E-state index < -0.39 is 11.4 Å². The van der Waals surface area contributed by atoms with E-state index >= 15 is 0 Å². The molecule has 0 radical (unpaired) electrons. The van der Waals surface area contributed by atoms with Gasteiger partial charge in [-0.25, -0.2) is 9.48 Å². The molecule has 5 heteroatoms. The van der Waals surface area contributed by atoms with Gasteiger partial charge in [-0.15, -0.1) is 0 Å². The van der Waals surface area contributed by atoms with Crippen molar-refractivity contribution in [3.63, 3.8) is 0 Å². The second kappa shape index (κ2) is 6.14. The fourth-order valence-electron chi connectivity index (χ4n) is 1.81. The molecular weight excluding hydrogens is 256 g/mol. The van der Waals surface area contributed by atoms with Crippen molar-refractivity contribution >= 4 is 5.97 Å². The smallest absolute Gasteiger partial charge is 0.362 e. The van der Waals surface area contributed by atoms with Gasteiger partial charge in [0.2, 0.25) is 11.1 Å². The van der Waals surface area contributed by atoms with E-state index in [4.69, 9.17) is 4.74 Å². The van der Waals surface area contributed by atoms with E-state index in [1.165, 1.54) is 10.7 Å². The van der Waals surface area contributed by atoms with Crippen LogP contribution < -0.4 is 5.43 Å². The highest BCUT2D eigenvalue weighted by molar-refractivity contribution is 5.86. The molecule has 0 fully saturated rings. The quantitative estimate of drug-likeness (QED) is 0.798. The monoisotopic (exact) mass is 272 g/mol. The summed E-state index contributed by atoms with van der Waals surface area (Å²) < 4.78 is 6.34. The van der Waals surface area contributed by atoms with Gasteiger partial charge >= 0.3 is 5.97 Å². The van der Waals surface area contributed by atoms with Crippen LogP contribution in [0.1, 0.15) is 29.9 Å². The van der Waals surface area contributed by atoms with E-state index in [1.807, 2.05) is 24.3 Å². The third kappa shape index (κ3) is 2.93. The van der Waals surface area contributed by atoms with Crippen LogP contribution in [0.25, 0.3) is 5.69 Å². The molecule has 0 amide bonds. The topological polar surface area (TPSA) is 61.2 Å². The largest absolute Gasteiger partial charge is 0.461 e. The second-order valence-electron chi connectivity index (χ2n) is 4.22. The van der Waals surface area contributed by atoms with Gasteiger partial charge in [0.25, 0.3) is 0 Å². The summed E-state index contributed by atoms with van der Waals surface area (Å²) in [5.74, 6) is -0.696. The van der Waals surface area contributed by atoms with E-state index in [0.29, 0.717) is 0 Å². The van der Waals surface area contributed by atoms with Crippen molar-refractivity contribution in [1.29, 1.82) is 0 Å². The standard InChI is InChI=1S/C15H16N2O3/c1-3-11-6-5-7-12(10-11)17-9-8-13(18)14(16-17)15(19)20-4-2/h5-10H,3-4H2,1-2H3. The molecule has 1 aromatic heterocycles. The molecule has 0 aliphatic heterocycles. The van der Waals surface area contributed by atoms with E-state index in [1.54, 1.807) is 13.1 Å². The minimum Gasteiger partial charge on any atom is -0.461 e. The minimum absolute atomic E-state index is 0.198. The van der Waals surface area contributed by atoms with Gasteiger partial charge in [0, 0.05) is 12.3 Å². The van der Waals surface area contributed by atoms with E-state index in [9.17, 15) is 9.59 Å². The lowest BCUT2D eigenvalue weighted by molar-refractivity contribution is 0.0515. The van der Waals surface area contributed by atoms with Crippen molar-refractivity contribution in [2.45, 2.75) is 20.3 Å². The van der Waals surface area contributed by atoms with Crippen LogP contribution in [0.15, 0.2) is 41.3 Å². The molecule has 0 aliphatic carbocycles. The Hall–Kier alpha value is -2.43. The molecule has 5 nitrogen and oxygen atoms in total. The Balaban J connectivity index is 2.45. The molecule has 104 valence electrons. The summed E-state index contributed by atoms with van der Waals surface area (Å²) in [6.07, 6.45) is 2.44. The average Bonchev–Trinajstić information content (AvgIpc) is 2.48. The van der Waals surface area contributed by atoms with Crippen LogP contribution in [-0.2, 0) is 11.2 Å². The zero-order valence-electron chi connectivity index (χ0n) is 11.5. The summed E-state index contributed by atoms with van der Waals surface area (Å²) in [7, 11) is 0. The lowest BCUT2D eigenvalue weighted by Gasteiger charge is -2.08. The molecule has 0 bridgehead atoms. The third-order valence-electron chi connectivity index (χ3n) is 2.86. The Labute approximate surface area is 116 Å². The molecule has 0 saturated heterocycles.